The van der Waals surface area contributed by atoms with Crippen molar-refractivity contribution in [1.29, 1.82) is 0 Å². The number of anilines is 2. The van der Waals surface area contributed by atoms with Crippen LogP contribution in [0.3, 0.4) is 0 Å². The van der Waals surface area contributed by atoms with Crippen molar-refractivity contribution in [2.75, 3.05) is 23.3 Å². The molecule has 1 amide bonds. The van der Waals surface area contributed by atoms with E-state index in [0.29, 0.717) is 0 Å². The van der Waals surface area contributed by atoms with Gasteiger partial charge in [0.05, 0.1) is 17.5 Å². The molecular formula is C21H24N2O2. The predicted molar refractivity (Wildman–Crippen MR) is 103 cm³/mol. The lowest BCUT2D eigenvalue weighted by atomic mass is 10.1. The minimum atomic E-state index is -0.213. The van der Waals surface area contributed by atoms with Gasteiger partial charge in [-0.2, -0.15) is 0 Å². The molecule has 25 heavy (non-hydrogen) atoms. The third-order valence-electron chi connectivity index (χ3n) is 4.47. The third-order valence-corrected chi connectivity index (χ3v) is 4.47. The molecular weight excluding hydrogens is 312 g/mol. The van der Waals surface area contributed by atoms with Crippen molar-refractivity contribution in [1.82, 2.24) is 0 Å². The molecule has 2 aromatic carbocycles. The molecule has 0 bridgehead atoms. The number of carbonyl (C=O) groups excluding carboxylic acids is 1. The fourth-order valence-electron chi connectivity index (χ4n) is 2.99. The van der Waals surface area contributed by atoms with Crippen LogP contribution in [0.15, 0.2) is 54.6 Å². The summed E-state index contributed by atoms with van der Waals surface area (Å²) in [6.45, 7) is 3.64. The van der Waals surface area contributed by atoms with E-state index in [4.69, 9.17) is 0 Å². The monoisotopic (exact) mass is 336 g/mol. The van der Waals surface area contributed by atoms with Crippen LogP contribution in [0.4, 0.5) is 11.4 Å². The van der Waals surface area contributed by atoms with E-state index in [-0.39, 0.29) is 12.0 Å². The number of aryl methyl sites for hydroxylation is 1. The fourth-order valence-corrected chi connectivity index (χ4v) is 2.99. The second-order valence-corrected chi connectivity index (χ2v) is 6.47. The molecule has 0 aromatic heterocycles. The molecule has 0 atom stereocenters. The van der Waals surface area contributed by atoms with Crippen molar-refractivity contribution < 1.29 is 9.90 Å². The molecule has 2 N–H and O–H groups in total. The molecule has 0 radical (unpaired) electrons. The summed E-state index contributed by atoms with van der Waals surface area (Å²) >= 11 is 0. The first kappa shape index (κ1) is 17.2. The quantitative estimate of drug-likeness (QED) is 0.839. The summed E-state index contributed by atoms with van der Waals surface area (Å²) < 4.78 is 0. The Bertz CT molecular complexity index is 745. The lowest BCUT2D eigenvalue weighted by Crippen LogP contribution is -2.36. The molecule has 0 saturated carbocycles. The van der Waals surface area contributed by atoms with Gasteiger partial charge in [0.1, 0.15) is 0 Å². The standard InChI is InChI=1S/C21H24N2O2/c1-16-6-8-17(9-7-16)10-11-21(25)22-19-4-2-3-5-20(19)23-14-12-18(24)13-15-23/h2-11,18,24H,12-15H2,1H3,(H,22,25)/b11-10+. The summed E-state index contributed by atoms with van der Waals surface area (Å²) in [5.74, 6) is -0.148. The van der Waals surface area contributed by atoms with Crippen LogP contribution in [0.25, 0.3) is 6.08 Å². The molecule has 3 rings (SSSR count). The number of nitrogens with one attached hydrogen (secondary N) is 1. The molecule has 0 unspecified atom stereocenters. The van der Waals surface area contributed by atoms with E-state index in [1.54, 1.807) is 6.08 Å². The maximum atomic E-state index is 12.3. The number of hydrogen-bond donors (Lipinski definition) is 2. The summed E-state index contributed by atoms with van der Waals surface area (Å²) in [4.78, 5) is 14.5. The van der Waals surface area contributed by atoms with Crippen molar-refractivity contribution >= 4 is 23.4 Å². The number of para-hydroxylation sites is 2. The smallest absolute Gasteiger partial charge is 0.248 e. The Kier molecular flexibility index (Phi) is 5.51. The van der Waals surface area contributed by atoms with Gasteiger partial charge in [-0.25, -0.2) is 0 Å². The van der Waals surface area contributed by atoms with E-state index in [9.17, 15) is 9.90 Å². The maximum Gasteiger partial charge on any atom is 0.248 e. The number of carbonyl (C=O) groups is 1. The Labute approximate surface area is 148 Å². The Hall–Kier alpha value is -2.59. The molecule has 2 aromatic rings. The normalized spacial score (nSPS) is 15.5. The van der Waals surface area contributed by atoms with Crippen LogP contribution >= 0.6 is 0 Å². The zero-order valence-corrected chi connectivity index (χ0v) is 14.5. The number of rotatable bonds is 4. The number of nitrogens with zero attached hydrogens (tertiary/aromatic N) is 1. The lowest BCUT2D eigenvalue weighted by Gasteiger charge is -2.32. The van der Waals surface area contributed by atoms with Crippen molar-refractivity contribution in [3.05, 3.63) is 65.7 Å². The molecule has 1 heterocycles. The van der Waals surface area contributed by atoms with Gasteiger partial charge >= 0.3 is 0 Å². The van der Waals surface area contributed by atoms with E-state index in [1.807, 2.05) is 61.5 Å². The third kappa shape index (κ3) is 4.70. The van der Waals surface area contributed by atoms with Gasteiger partial charge in [0.2, 0.25) is 5.91 Å². The van der Waals surface area contributed by atoms with Gasteiger partial charge < -0.3 is 15.3 Å². The van der Waals surface area contributed by atoms with E-state index in [2.05, 4.69) is 10.2 Å². The molecule has 0 spiro atoms. The van der Waals surface area contributed by atoms with Crippen LogP contribution in [0.1, 0.15) is 24.0 Å². The summed E-state index contributed by atoms with van der Waals surface area (Å²) in [5.41, 5.74) is 4.00. The van der Waals surface area contributed by atoms with Gasteiger partial charge in [-0.05, 0) is 43.5 Å². The van der Waals surface area contributed by atoms with Gasteiger partial charge in [0, 0.05) is 19.2 Å². The number of amides is 1. The Balaban J connectivity index is 1.68. The first-order valence-corrected chi connectivity index (χ1v) is 8.69. The highest BCUT2D eigenvalue weighted by Crippen LogP contribution is 2.28. The summed E-state index contributed by atoms with van der Waals surface area (Å²) in [6.07, 6.45) is 4.68. The van der Waals surface area contributed by atoms with Crippen LogP contribution in [0.2, 0.25) is 0 Å². The van der Waals surface area contributed by atoms with Gasteiger partial charge in [-0.15, -0.1) is 0 Å². The fraction of sp³-hybridized carbons (Fsp3) is 0.286. The van der Waals surface area contributed by atoms with Crippen LogP contribution in [-0.2, 0) is 4.79 Å². The molecule has 4 heteroatoms. The molecule has 1 saturated heterocycles. The topological polar surface area (TPSA) is 52.6 Å². The largest absolute Gasteiger partial charge is 0.393 e. The van der Waals surface area contributed by atoms with Gasteiger partial charge in [0.25, 0.3) is 0 Å². The molecule has 0 aliphatic carbocycles. The van der Waals surface area contributed by atoms with Gasteiger partial charge in [-0.3, -0.25) is 4.79 Å². The van der Waals surface area contributed by atoms with Gasteiger partial charge in [-0.1, -0.05) is 42.0 Å². The molecule has 4 nitrogen and oxygen atoms in total. The number of aliphatic hydroxyl groups is 1. The molecule has 1 fully saturated rings. The van der Waals surface area contributed by atoms with Crippen molar-refractivity contribution in [3.63, 3.8) is 0 Å². The van der Waals surface area contributed by atoms with E-state index in [0.717, 1.165) is 42.9 Å². The number of hydrogen-bond acceptors (Lipinski definition) is 3. The Morgan fingerprint density at radius 1 is 1.12 bits per heavy atom. The average molecular weight is 336 g/mol. The van der Waals surface area contributed by atoms with Crippen molar-refractivity contribution in [3.8, 4) is 0 Å². The van der Waals surface area contributed by atoms with Gasteiger partial charge in [0.15, 0.2) is 0 Å². The summed E-state index contributed by atoms with van der Waals surface area (Å²) in [5, 5.41) is 12.6. The Morgan fingerprint density at radius 2 is 1.80 bits per heavy atom. The first-order chi connectivity index (χ1) is 12.1. The summed E-state index contributed by atoms with van der Waals surface area (Å²) in [7, 11) is 0. The van der Waals surface area contributed by atoms with Crippen LogP contribution in [-0.4, -0.2) is 30.2 Å². The van der Waals surface area contributed by atoms with E-state index >= 15 is 0 Å². The first-order valence-electron chi connectivity index (χ1n) is 8.69. The minimum absolute atomic E-state index is 0.148. The zero-order chi connectivity index (χ0) is 17.6. The summed E-state index contributed by atoms with van der Waals surface area (Å²) in [6, 6.07) is 15.8. The highest BCUT2D eigenvalue weighted by molar-refractivity contribution is 6.03. The number of aliphatic hydroxyl groups excluding tert-OH is 1. The number of piperidine rings is 1. The zero-order valence-electron chi connectivity index (χ0n) is 14.5. The second-order valence-electron chi connectivity index (χ2n) is 6.47. The van der Waals surface area contributed by atoms with Crippen LogP contribution in [0, 0.1) is 6.92 Å². The maximum absolute atomic E-state index is 12.3. The van der Waals surface area contributed by atoms with Crippen molar-refractivity contribution in [2.45, 2.75) is 25.9 Å². The second kappa shape index (κ2) is 7.99. The molecule has 1 aliphatic rings. The Morgan fingerprint density at radius 3 is 2.52 bits per heavy atom. The van der Waals surface area contributed by atoms with E-state index < -0.39 is 0 Å². The number of benzene rings is 2. The minimum Gasteiger partial charge on any atom is -0.393 e. The molecule has 130 valence electrons. The highest BCUT2D eigenvalue weighted by Gasteiger charge is 2.19. The van der Waals surface area contributed by atoms with Crippen LogP contribution < -0.4 is 10.2 Å². The highest BCUT2D eigenvalue weighted by atomic mass is 16.3. The average Bonchev–Trinajstić information content (AvgIpc) is 2.63. The van der Waals surface area contributed by atoms with E-state index in [1.165, 1.54) is 5.56 Å². The molecule has 1 aliphatic heterocycles. The lowest BCUT2D eigenvalue weighted by molar-refractivity contribution is -0.111. The van der Waals surface area contributed by atoms with Crippen LogP contribution in [0.5, 0.6) is 0 Å². The predicted octanol–water partition coefficient (Wildman–Crippen LogP) is 3.61. The van der Waals surface area contributed by atoms with Crippen molar-refractivity contribution in [2.24, 2.45) is 0 Å². The SMILES string of the molecule is Cc1ccc(/C=C/C(=O)Nc2ccccc2N2CCC(O)CC2)cc1.